The minimum Gasteiger partial charge on any atom is -0.379 e. The summed E-state index contributed by atoms with van der Waals surface area (Å²) in [5.74, 6) is -0.176. The van der Waals surface area contributed by atoms with E-state index in [2.05, 4.69) is 27.4 Å². The summed E-state index contributed by atoms with van der Waals surface area (Å²) in [6.45, 7) is 2.08. The quantitative estimate of drug-likeness (QED) is 0.791. The minimum absolute atomic E-state index is 0.176. The van der Waals surface area contributed by atoms with Crippen molar-refractivity contribution in [1.82, 2.24) is 20.2 Å². The highest BCUT2D eigenvalue weighted by Crippen LogP contribution is 2.22. The summed E-state index contributed by atoms with van der Waals surface area (Å²) in [5.41, 5.74) is 0.705. The van der Waals surface area contributed by atoms with E-state index in [0.717, 1.165) is 18.5 Å². The molecule has 1 amide bonds. The zero-order chi connectivity index (χ0) is 17.5. The van der Waals surface area contributed by atoms with E-state index in [9.17, 15) is 9.90 Å². The Kier molecular flexibility index (Phi) is 5.73. The van der Waals surface area contributed by atoms with Crippen molar-refractivity contribution in [2.75, 3.05) is 19.6 Å². The summed E-state index contributed by atoms with van der Waals surface area (Å²) >= 11 is 0. The molecule has 1 aliphatic heterocycles. The number of rotatable bonds is 7. The van der Waals surface area contributed by atoms with E-state index in [4.69, 9.17) is 0 Å². The van der Waals surface area contributed by atoms with Crippen LogP contribution < -0.4 is 5.32 Å². The molecule has 0 radical (unpaired) electrons. The third-order valence-corrected chi connectivity index (χ3v) is 4.58. The number of piperidine rings is 1. The van der Waals surface area contributed by atoms with Crippen molar-refractivity contribution in [2.45, 2.75) is 31.4 Å². The summed E-state index contributed by atoms with van der Waals surface area (Å²) in [7, 11) is 0. The summed E-state index contributed by atoms with van der Waals surface area (Å²) in [6.07, 6.45) is 5.27. The summed E-state index contributed by atoms with van der Waals surface area (Å²) < 4.78 is 0. The monoisotopic (exact) mass is 340 g/mol. The molecule has 25 heavy (non-hydrogen) atoms. The maximum atomic E-state index is 12.7. The number of benzene rings is 1. The van der Waals surface area contributed by atoms with E-state index < -0.39 is 5.60 Å². The van der Waals surface area contributed by atoms with Gasteiger partial charge in [0.15, 0.2) is 5.60 Å². The molecule has 1 aromatic carbocycles. The second-order valence-electron chi connectivity index (χ2n) is 6.47. The van der Waals surface area contributed by atoms with Crippen molar-refractivity contribution < 1.29 is 9.90 Å². The molecule has 132 valence electrons. The molecule has 1 atom stereocenters. The van der Waals surface area contributed by atoms with Crippen LogP contribution in [0.4, 0.5) is 0 Å². The number of likely N-dealkylation sites (tertiary alicyclic amines) is 1. The van der Waals surface area contributed by atoms with E-state index in [1.165, 1.54) is 11.9 Å². The number of amides is 1. The van der Waals surface area contributed by atoms with Gasteiger partial charge in [0.25, 0.3) is 5.91 Å². The first-order chi connectivity index (χ1) is 12.2. The lowest BCUT2D eigenvalue weighted by Crippen LogP contribution is -2.58. The lowest BCUT2D eigenvalue weighted by Gasteiger charge is -2.38. The zero-order valence-corrected chi connectivity index (χ0v) is 14.3. The van der Waals surface area contributed by atoms with Crippen LogP contribution in [0, 0.1) is 0 Å². The number of aliphatic hydroxyl groups is 1. The van der Waals surface area contributed by atoms with Crippen LogP contribution in [0.25, 0.3) is 0 Å². The van der Waals surface area contributed by atoms with Crippen LogP contribution >= 0.6 is 0 Å². The van der Waals surface area contributed by atoms with E-state index in [1.807, 2.05) is 24.3 Å². The lowest BCUT2D eigenvalue weighted by molar-refractivity contribution is -0.156. The van der Waals surface area contributed by atoms with E-state index >= 15 is 0 Å². The van der Waals surface area contributed by atoms with E-state index in [1.54, 1.807) is 11.1 Å². The number of carbonyl (C=O) groups is 1. The molecule has 0 spiro atoms. The predicted octanol–water partition coefficient (Wildman–Crippen LogP) is 1.16. The second kappa shape index (κ2) is 8.18. The standard InChI is InChI=1S/C19H24N4O2/c24-18-19(25,14-21-13-17-7-10-20-15-22-17)9-4-11-23(18)12-8-16-5-2-1-3-6-16/h1-3,5-7,10,15,21,25H,4,8-9,11-14H2/t19-/m0/s1. The van der Waals surface area contributed by atoms with E-state index in [-0.39, 0.29) is 12.5 Å². The lowest BCUT2D eigenvalue weighted by atomic mass is 9.91. The van der Waals surface area contributed by atoms with Gasteiger partial charge in [-0.2, -0.15) is 0 Å². The Morgan fingerprint density at radius 3 is 2.84 bits per heavy atom. The molecule has 1 saturated heterocycles. The molecule has 3 rings (SSSR count). The molecule has 0 unspecified atom stereocenters. The van der Waals surface area contributed by atoms with Crippen molar-refractivity contribution in [3.8, 4) is 0 Å². The third kappa shape index (κ3) is 4.61. The fourth-order valence-corrected chi connectivity index (χ4v) is 3.17. The molecule has 2 heterocycles. The van der Waals surface area contributed by atoms with Crippen molar-refractivity contribution in [3.05, 3.63) is 60.2 Å². The Morgan fingerprint density at radius 2 is 2.08 bits per heavy atom. The predicted molar refractivity (Wildman–Crippen MR) is 94.6 cm³/mol. The van der Waals surface area contributed by atoms with Gasteiger partial charge in [0.05, 0.1) is 5.69 Å². The Bertz CT molecular complexity index is 680. The first kappa shape index (κ1) is 17.5. The molecular weight excluding hydrogens is 316 g/mol. The molecule has 0 aliphatic carbocycles. The summed E-state index contributed by atoms with van der Waals surface area (Å²) in [4.78, 5) is 22.5. The third-order valence-electron chi connectivity index (χ3n) is 4.58. The van der Waals surface area contributed by atoms with Crippen LogP contribution in [0.2, 0.25) is 0 Å². The van der Waals surface area contributed by atoms with Gasteiger partial charge in [-0.05, 0) is 30.9 Å². The first-order valence-corrected chi connectivity index (χ1v) is 8.69. The van der Waals surface area contributed by atoms with Gasteiger partial charge in [0.2, 0.25) is 0 Å². The number of nitrogens with zero attached hydrogens (tertiary/aromatic N) is 3. The van der Waals surface area contributed by atoms with Crippen molar-refractivity contribution in [2.24, 2.45) is 0 Å². The number of nitrogens with one attached hydrogen (secondary N) is 1. The van der Waals surface area contributed by atoms with Gasteiger partial charge in [-0.15, -0.1) is 0 Å². The van der Waals surface area contributed by atoms with Crippen LogP contribution in [-0.4, -0.2) is 51.1 Å². The van der Waals surface area contributed by atoms with Gasteiger partial charge in [-0.25, -0.2) is 9.97 Å². The number of aromatic nitrogens is 2. The highest BCUT2D eigenvalue weighted by atomic mass is 16.3. The molecule has 1 fully saturated rings. The van der Waals surface area contributed by atoms with Crippen LogP contribution in [0.3, 0.4) is 0 Å². The normalized spacial score (nSPS) is 20.7. The summed E-state index contributed by atoms with van der Waals surface area (Å²) in [6, 6.07) is 11.9. The molecule has 6 heteroatoms. The van der Waals surface area contributed by atoms with Crippen LogP contribution in [-0.2, 0) is 17.8 Å². The highest BCUT2D eigenvalue weighted by Gasteiger charge is 2.41. The van der Waals surface area contributed by atoms with Gasteiger partial charge in [-0.3, -0.25) is 4.79 Å². The molecule has 0 saturated carbocycles. The Balaban J connectivity index is 1.53. The Hall–Kier alpha value is -2.31. The van der Waals surface area contributed by atoms with E-state index in [0.29, 0.717) is 26.1 Å². The number of hydrogen-bond acceptors (Lipinski definition) is 5. The minimum atomic E-state index is -1.33. The van der Waals surface area contributed by atoms with Gasteiger partial charge in [0, 0.05) is 32.4 Å². The van der Waals surface area contributed by atoms with Gasteiger partial charge < -0.3 is 15.3 Å². The molecule has 1 aromatic heterocycles. The van der Waals surface area contributed by atoms with Gasteiger partial charge in [-0.1, -0.05) is 30.3 Å². The fraction of sp³-hybridized carbons (Fsp3) is 0.421. The largest absolute Gasteiger partial charge is 0.379 e. The maximum absolute atomic E-state index is 12.7. The smallest absolute Gasteiger partial charge is 0.255 e. The van der Waals surface area contributed by atoms with Crippen LogP contribution in [0.15, 0.2) is 48.9 Å². The molecule has 0 bridgehead atoms. The number of carbonyl (C=O) groups excluding carboxylic acids is 1. The highest BCUT2D eigenvalue weighted by molar-refractivity contribution is 5.86. The Morgan fingerprint density at radius 1 is 1.24 bits per heavy atom. The molecule has 2 aromatic rings. The van der Waals surface area contributed by atoms with Crippen LogP contribution in [0.1, 0.15) is 24.1 Å². The zero-order valence-electron chi connectivity index (χ0n) is 14.3. The average molecular weight is 340 g/mol. The average Bonchev–Trinajstić information content (AvgIpc) is 2.65. The van der Waals surface area contributed by atoms with Gasteiger partial charge in [0.1, 0.15) is 6.33 Å². The van der Waals surface area contributed by atoms with Crippen molar-refractivity contribution in [1.29, 1.82) is 0 Å². The van der Waals surface area contributed by atoms with Crippen LogP contribution in [0.5, 0.6) is 0 Å². The second-order valence-corrected chi connectivity index (χ2v) is 6.47. The maximum Gasteiger partial charge on any atom is 0.255 e. The topological polar surface area (TPSA) is 78.4 Å². The summed E-state index contributed by atoms with van der Waals surface area (Å²) in [5, 5.41) is 13.9. The van der Waals surface area contributed by atoms with Crippen molar-refractivity contribution >= 4 is 5.91 Å². The van der Waals surface area contributed by atoms with Gasteiger partial charge >= 0.3 is 0 Å². The molecule has 1 aliphatic rings. The number of hydrogen-bond donors (Lipinski definition) is 2. The fourth-order valence-electron chi connectivity index (χ4n) is 3.17. The molecular formula is C19H24N4O2. The SMILES string of the molecule is O=C1N(CCc2ccccc2)CCC[C@]1(O)CNCc1ccncn1. The Labute approximate surface area is 147 Å². The first-order valence-electron chi connectivity index (χ1n) is 8.69. The molecule has 2 N–H and O–H groups in total. The molecule has 6 nitrogen and oxygen atoms in total. The van der Waals surface area contributed by atoms with Crippen molar-refractivity contribution in [3.63, 3.8) is 0 Å².